The highest BCUT2D eigenvalue weighted by Crippen LogP contribution is 2.28. The highest BCUT2D eigenvalue weighted by Gasteiger charge is 2.06. The number of aryl methyl sites for hydroxylation is 1. The lowest BCUT2D eigenvalue weighted by atomic mass is 10.2. The molecular weight excluding hydrogens is 340 g/mol. The van der Waals surface area contributed by atoms with Gasteiger partial charge < -0.3 is 19.5 Å². The Hall–Kier alpha value is -3.21. The van der Waals surface area contributed by atoms with E-state index in [1.165, 1.54) is 5.56 Å². The number of aromatic nitrogens is 1. The molecule has 0 atom stereocenters. The van der Waals surface area contributed by atoms with Crippen LogP contribution in [0.15, 0.2) is 66.9 Å². The van der Waals surface area contributed by atoms with Gasteiger partial charge in [-0.1, -0.05) is 24.3 Å². The van der Waals surface area contributed by atoms with Crippen LogP contribution in [0.25, 0.3) is 0 Å². The summed E-state index contributed by atoms with van der Waals surface area (Å²) in [7, 11) is 1.64. The molecule has 0 fully saturated rings. The molecule has 5 nitrogen and oxygen atoms in total. The van der Waals surface area contributed by atoms with Gasteiger partial charge in [0.25, 0.3) is 0 Å². The average molecular weight is 364 g/mol. The molecule has 1 heterocycles. The lowest BCUT2D eigenvalue weighted by Gasteiger charge is -2.13. The normalized spacial score (nSPS) is 10.3. The molecule has 0 amide bonds. The van der Waals surface area contributed by atoms with E-state index >= 15 is 0 Å². The summed E-state index contributed by atoms with van der Waals surface area (Å²) < 4.78 is 17.0. The predicted molar refractivity (Wildman–Crippen MR) is 107 cm³/mol. The van der Waals surface area contributed by atoms with Crippen LogP contribution in [0.1, 0.15) is 11.1 Å². The molecule has 0 bridgehead atoms. The van der Waals surface area contributed by atoms with Gasteiger partial charge in [0.15, 0.2) is 11.5 Å². The van der Waals surface area contributed by atoms with E-state index in [1.54, 1.807) is 13.3 Å². The Morgan fingerprint density at radius 1 is 0.889 bits per heavy atom. The molecule has 2 aromatic carbocycles. The van der Waals surface area contributed by atoms with Gasteiger partial charge in [-0.25, -0.2) is 4.98 Å². The number of methoxy groups -OCH3 is 1. The lowest BCUT2D eigenvalue weighted by Crippen LogP contribution is -2.10. The first-order valence-corrected chi connectivity index (χ1v) is 8.88. The molecule has 0 aliphatic rings. The van der Waals surface area contributed by atoms with Crippen molar-refractivity contribution in [2.75, 3.05) is 25.6 Å². The van der Waals surface area contributed by atoms with Gasteiger partial charge in [-0.3, -0.25) is 0 Å². The average Bonchev–Trinajstić information content (AvgIpc) is 2.71. The van der Waals surface area contributed by atoms with Crippen LogP contribution in [0, 0.1) is 6.92 Å². The summed E-state index contributed by atoms with van der Waals surface area (Å²) in [6, 6.07) is 19.6. The van der Waals surface area contributed by atoms with E-state index in [1.807, 2.05) is 67.6 Å². The zero-order chi connectivity index (χ0) is 18.9. The fraction of sp³-hybridized carbons (Fsp3) is 0.227. The van der Waals surface area contributed by atoms with Crippen molar-refractivity contribution in [1.29, 1.82) is 0 Å². The number of nitrogens with zero attached hydrogens (tertiary/aromatic N) is 1. The molecule has 0 radical (unpaired) electrons. The molecule has 0 unspecified atom stereocenters. The monoisotopic (exact) mass is 364 g/mol. The Morgan fingerprint density at radius 2 is 1.78 bits per heavy atom. The summed E-state index contributed by atoms with van der Waals surface area (Å²) in [5, 5.41) is 3.28. The molecule has 1 aromatic heterocycles. The number of ether oxygens (including phenoxy) is 3. The Kier molecular flexibility index (Phi) is 6.52. The molecule has 1 N–H and O–H groups in total. The largest absolute Gasteiger partial charge is 0.493 e. The molecule has 3 rings (SSSR count). The molecule has 5 heteroatoms. The molecule has 0 saturated carbocycles. The van der Waals surface area contributed by atoms with Crippen molar-refractivity contribution >= 4 is 5.82 Å². The fourth-order valence-electron chi connectivity index (χ4n) is 2.62. The first-order chi connectivity index (χ1) is 13.2. The Bertz CT molecular complexity index is 853. The summed E-state index contributed by atoms with van der Waals surface area (Å²) >= 11 is 0. The third kappa shape index (κ3) is 5.64. The molecular formula is C22H24N2O3. The highest BCUT2D eigenvalue weighted by molar-refractivity contribution is 5.44. The van der Waals surface area contributed by atoms with Crippen molar-refractivity contribution in [3.63, 3.8) is 0 Å². The van der Waals surface area contributed by atoms with Crippen LogP contribution in [0.3, 0.4) is 0 Å². The van der Waals surface area contributed by atoms with E-state index in [-0.39, 0.29) is 0 Å². The van der Waals surface area contributed by atoms with Crippen molar-refractivity contribution in [2.24, 2.45) is 0 Å². The maximum absolute atomic E-state index is 5.82. The molecule has 3 aromatic rings. The molecule has 140 valence electrons. The Morgan fingerprint density at radius 3 is 2.56 bits per heavy atom. The minimum Gasteiger partial charge on any atom is -0.493 e. The first kappa shape index (κ1) is 18.6. The van der Waals surface area contributed by atoms with E-state index < -0.39 is 0 Å². The maximum atomic E-state index is 5.82. The topological polar surface area (TPSA) is 52.6 Å². The minimum atomic E-state index is 0.440. The van der Waals surface area contributed by atoms with Crippen LogP contribution in [0.2, 0.25) is 0 Å². The van der Waals surface area contributed by atoms with Crippen LogP contribution in [0.5, 0.6) is 17.2 Å². The maximum Gasteiger partial charge on any atom is 0.161 e. The summed E-state index contributed by atoms with van der Waals surface area (Å²) in [6.45, 7) is 3.61. The van der Waals surface area contributed by atoms with Gasteiger partial charge in [0.05, 0.1) is 7.11 Å². The molecule has 0 saturated heterocycles. The van der Waals surface area contributed by atoms with E-state index in [9.17, 15) is 0 Å². The van der Waals surface area contributed by atoms with Gasteiger partial charge in [-0.05, 0) is 54.4 Å². The predicted octanol–water partition coefficient (Wildman–Crippen LogP) is 4.47. The highest BCUT2D eigenvalue weighted by atomic mass is 16.5. The first-order valence-electron chi connectivity index (χ1n) is 8.88. The second-order valence-corrected chi connectivity index (χ2v) is 6.07. The van der Waals surface area contributed by atoms with Gasteiger partial charge in [0.1, 0.15) is 24.8 Å². The van der Waals surface area contributed by atoms with Crippen LogP contribution in [-0.4, -0.2) is 25.3 Å². The van der Waals surface area contributed by atoms with E-state index in [0.29, 0.717) is 31.3 Å². The van der Waals surface area contributed by atoms with Crippen LogP contribution < -0.4 is 19.5 Å². The number of benzene rings is 2. The Balaban J connectivity index is 1.51. The third-order valence-corrected chi connectivity index (χ3v) is 3.97. The second-order valence-electron chi connectivity index (χ2n) is 6.07. The van der Waals surface area contributed by atoms with Gasteiger partial charge in [-0.2, -0.15) is 0 Å². The van der Waals surface area contributed by atoms with Gasteiger partial charge in [0, 0.05) is 12.7 Å². The number of hydrogen-bond acceptors (Lipinski definition) is 5. The van der Waals surface area contributed by atoms with E-state index in [4.69, 9.17) is 14.2 Å². The summed E-state index contributed by atoms with van der Waals surface area (Å²) in [6.07, 6.45) is 1.76. The quantitative estimate of drug-likeness (QED) is 0.568. The lowest BCUT2D eigenvalue weighted by molar-refractivity contribution is 0.211. The number of hydrogen-bond donors (Lipinski definition) is 1. The zero-order valence-electron chi connectivity index (χ0n) is 15.6. The van der Waals surface area contributed by atoms with Crippen LogP contribution >= 0.6 is 0 Å². The van der Waals surface area contributed by atoms with Crippen LogP contribution in [0.4, 0.5) is 5.82 Å². The molecule has 0 spiro atoms. The smallest absolute Gasteiger partial charge is 0.161 e. The SMILES string of the molecule is COc1cc(CNc2ccccn2)ccc1OCCOc1cccc(C)c1. The number of anilines is 1. The summed E-state index contributed by atoms with van der Waals surface area (Å²) in [4.78, 5) is 4.25. The standard InChI is InChI=1S/C22H24N2O3/c1-17-6-5-7-19(14-17)26-12-13-27-20-10-9-18(15-21(20)25-2)16-24-22-8-3-4-11-23-22/h3-11,14-15H,12-13,16H2,1-2H3,(H,23,24). The van der Waals surface area contributed by atoms with Crippen molar-refractivity contribution < 1.29 is 14.2 Å². The summed E-state index contributed by atoms with van der Waals surface area (Å²) in [5.74, 6) is 3.09. The minimum absolute atomic E-state index is 0.440. The number of nitrogens with one attached hydrogen (secondary N) is 1. The van der Waals surface area contributed by atoms with Crippen LogP contribution in [-0.2, 0) is 6.54 Å². The van der Waals surface area contributed by atoms with Crippen molar-refractivity contribution in [2.45, 2.75) is 13.5 Å². The fourth-order valence-corrected chi connectivity index (χ4v) is 2.62. The van der Waals surface area contributed by atoms with Gasteiger partial charge in [-0.15, -0.1) is 0 Å². The molecule has 27 heavy (non-hydrogen) atoms. The van der Waals surface area contributed by atoms with Crippen molar-refractivity contribution in [3.8, 4) is 17.2 Å². The van der Waals surface area contributed by atoms with E-state index in [0.717, 1.165) is 17.1 Å². The third-order valence-electron chi connectivity index (χ3n) is 3.97. The van der Waals surface area contributed by atoms with Crippen molar-refractivity contribution in [1.82, 2.24) is 4.98 Å². The number of rotatable bonds is 9. The second kappa shape index (κ2) is 9.48. The zero-order valence-corrected chi connectivity index (χ0v) is 15.6. The number of pyridine rings is 1. The Labute approximate surface area is 159 Å². The molecule has 0 aliphatic carbocycles. The van der Waals surface area contributed by atoms with E-state index in [2.05, 4.69) is 10.3 Å². The van der Waals surface area contributed by atoms with Gasteiger partial charge in [0.2, 0.25) is 0 Å². The molecule has 0 aliphatic heterocycles. The summed E-state index contributed by atoms with van der Waals surface area (Å²) in [5.41, 5.74) is 2.26. The van der Waals surface area contributed by atoms with Gasteiger partial charge >= 0.3 is 0 Å². The van der Waals surface area contributed by atoms with Crippen molar-refractivity contribution in [3.05, 3.63) is 78.0 Å².